The van der Waals surface area contributed by atoms with Crippen LogP contribution in [-0.2, 0) is 6.54 Å². The van der Waals surface area contributed by atoms with E-state index >= 15 is 0 Å². The highest BCUT2D eigenvalue weighted by Gasteiger charge is 2.10. The molecule has 0 saturated heterocycles. The van der Waals surface area contributed by atoms with Crippen molar-refractivity contribution in [3.05, 3.63) is 52.8 Å². The molecule has 3 nitrogen and oxygen atoms in total. The number of aromatic nitrogens is 2. The molecule has 0 aliphatic rings. The molecule has 0 fully saturated rings. The maximum Gasteiger partial charge on any atom is 0.194 e. The van der Waals surface area contributed by atoms with Gasteiger partial charge in [-0.2, -0.15) is 0 Å². The Kier molecular flexibility index (Phi) is 4.63. The summed E-state index contributed by atoms with van der Waals surface area (Å²) in [5, 5.41) is 3.52. The number of hydrogen-bond donors (Lipinski definition) is 1. The van der Waals surface area contributed by atoms with Gasteiger partial charge in [-0.05, 0) is 26.0 Å². The summed E-state index contributed by atoms with van der Waals surface area (Å²) in [5.41, 5.74) is 2.41. The molecule has 0 aliphatic heterocycles. The van der Waals surface area contributed by atoms with Gasteiger partial charge in [-0.25, -0.2) is 4.98 Å². The van der Waals surface area contributed by atoms with E-state index in [0.29, 0.717) is 0 Å². The van der Waals surface area contributed by atoms with E-state index in [1.807, 2.05) is 11.8 Å². The van der Waals surface area contributed by atoms with Crippen molar-refractivity contribution in [2.24, 2.45) is 0 Å². The summed E-state index contributed by atoms with van der Waals surface area (Å²) in [6.07, 6.45) is 2.18. The summed E-state index contributed by atoms with van der Waals surface area (Å²) in [7, 11) is 0. The lowest BCUT2D eigenvalue weighted by molar-refractivity contribution is 0.706. The number of rotatable bonds is 6. The first-order chi connectivity index (χ1) is 10.2. The SMILES string of the molecule is Cc1cn2c(CNCCSc3ccccc3)c(C)nc2s1. The van der Waals surface area contributed by atoms with Gasteiger partial charge in [0.15, 0.2) is 4.96 Å². The third-order valence-electron chi connectivity index (χ3n) is 3.32. The van der Waals surface area contributed by atoms with E-state index < -0.39 is 0 Å². The molecule has 0 atom stereocenters. The minimum Gasteiger partial charge on any atom is -0.310 e. The summed E-state index contributed by atoms with van der Waals surface area (Å²) in [6, 6.07) is 10.5. The second-order valence-electron chi connectivity index (χ2n) is 4.98. The third-order valence-corrected chi connectivity index (χ3v) is 5.24. The van der Waals surface area contributed by atoms with Crippen LogP contribution in [0.1, 0.15) is 16.3 Å². The zero-order valence-corrected chi connectivity index (χ0v) is 13.9. The van der Waals surface area contributed by atoms with Gasteiger partial charge in [-0.3, -0.25) is 4.40 Å². The maximum absolute atomic E-state index is 4.62. The average Bonchev–Trinajstić information content (AvgIpc) is 2.96. The van der Waals surface area contributed by atoms with E-state index in [-0.39, 0.29) is 0 Å². The van der Waals surface area contributed by atoms with E-state index in [2.05, 4.69) is 65.1 Å². The number of fused-ring (bicyclic) bond motifs is 1. The van der Waals surface area contributed by atoms with Crippen LogP contribution in [0.4, 0.5) is 0 Å². The summed E-state index contributed by atoms with van der Waals surface area (Å²) < 4.78 is 2.21. The molecule has 3 aromatic rings. The number of imidazole rings is 1. The third kappa shape index (κ3) is 3.48. The van der Waals surface area contributed by atoms with E-state index in [9.17, 15) is 0 Å². The Hall–Kier alpha value is -1.30. The van der Waals surface area contributed by atoms with Gasteiger partial charge in [0.25, 0.3) is 0 Å². The van der Waals surface area contributed by atoms with Crippen LogP contribution in [-0.4, -0.2) is 21.7 Å². The number of nitrogens with one attached hydrogen (secondary N) is 1. The van der Waals surface area contributed by atoms with Crippen molar-refractivity contribution in [1.82, 2.24) is 14.7 Å². The van der Waals surface area contributed by atoms with Crippen molar-refractivity contribution in [2.75, 3.05) is 12.3 Å². The second-order valence-corrected chi connectivity index (χ2v) is 7.36. The Bertz CT molecular complexity index is 716. The minimum absolute atomic E-state index is 0.874. The standard InChI is InChI=1S/C16H19N3S2/c1-12-11-19-15(13(2)18-16(19)21-12)10-17-8-9-20-14-6-4-3-5-7-14/h3-7,11,17H,8-10H2,1-2H3. The molecule has 1 N–H and O–H groups in total. The normalized spacial score (nSPS) is 11.3. The van der Waals surface area contributed by atoms with Gasteiger partial charge in [0.1, 0.15) is 0 Å². The van der Waals surface area contributed by atoms with E-state index in [1.54, 1.807) is 11.3 Å². The first-order valence-corrected chi connectivity index (χ1v) is 8.87. The fourth-order valence-corrected chi connectivity index (χ4v) is 4.01. The number of nitrogens with zero attached hydrogens (tertiary/aromatic N) is 2. The molecule has 3 rings (SSSR count). The Morgan fingerprint density at radius 3 is 2.86 bits per heavy atom. The first-order valence-electron chi connectivity index (χ1n) is 7.06. The van der Waals surface area contributed by atoms with E-state index in [0.717, 1.165) is 29.5 Å². The number of thiazole rings is 1. The molecule has 5 heteroatoms. The lowest BCUT2D eigenvalue weighted by atomic mass is 10.3. The Balaban J connectivity index is 1.51. The summed E-state index contributed by atoms with van der Waals surface area (Å²) in [5.74, 6) is 1.08. The van der Waals surface area contributed by atoms with Crippen LogP contribution in [0.2, 0.25) is 0 Å². The molecular weight excluding hydrogens is 298 g/mol. The van der Waals surface area contributed by atoms with Crippen LogP contribution in [0.3, 0.4) is 0 Å². The second kappa shape index (κ2) is 6.64. The zero-order valence-electron chi connectivity index (χ0n) is 12.3. The smallest absolute Gasteiger partial charge is 0.194 e. The Morgan fingerprint density at radius 1 is 1.24 bits per heavy atom. The van der Waals surface area contributed by atoms with Gasteiger partial charge in [-0.15, -0.1) is 23.1 Å². The minimum atomic E-state index is 0.874. The molecular formula is C16H19N3S2. The molecule has 2 heterocycles. The monoisotopic (exact) mass is 317 g/mol. The average molecular weight is 317 g/mol. The quantitative estimate of drug-likeness (QED) is 0.552. The van der Waals surface area contributed by atoms with Crippen molar-refractivity contribution in [3.63, 3.8) is 0 Å². The molecule has 0 aliphatic carbocycles. The fraction of sp³-hybridized carbons (Fsp3) is 0.312. The molecule has 1 aromatic carbocycles. The molecule has 21 heavy (non-hydrogen) atoms. The van der Waals surface area contributed by atoms with Crippen molar-refractivity contribution < 1.29 is 0 Å². The van der Waals surface area contributed by atoms with Gasteiger partial charge in [-0.1, -0.05) is 18.2 Å². The lowest BCUT2D eigenvalue weighted by Gasteiger charge is -2.05. The highest BCUT2D eigenvalue weighted by atomic mass is 32.2. The number of thioether (sulfide) groups is 1. The lowest BCUT2D eigenvalue weighted by Crippen LogP contribution is -2.18. The van der Waals surface area contributed by atoms with Gasteiger partial charge < -0.3 is 5.32 Å². The van der Waals surface area contributed by atoms with Gasteiger partial charge >= 0.3 is 0 Å². The van der Waals surface area contributed by atoms with Crippen molar-refractivity contribution >= 4 is 28.1 Å². The number of aryl methyl sites for hydroxylation is 2. The summed E-state index contributed by atoms with van der Waals surface area (Å²) >= 11 is 3.63. The maximum atomic E-state index is 4.62. The molecule has 0 spiro atoms. The Labute approximate surface area is 133 Å². The van der Waals surface area contributed by atoms with E-state index in [1.165, 1.54) is 15.5 Å². The molecule has 0 saturated carbocycles. The number of hydrogen-bond acceptors (Lipinski definition) is 4. The largest absolute Gasteiger partial charge is 0.310 e. The molecule has 0 unspecified atom stereocenters. The number of benzene rings is 1. The van der Waals surface area contributed by atoms with Crippen LogP contribution < -0.4 is 5.32 Å². The highest BCUT2D eigenvalue weighted by molar-refractivity contribution is 7.99. The van der Waals surface area contributed by atoms with Crippen LogP contribution in [0, 0.1) is 13.8 Å². The fourth-order valence-electron chi connectivity index (χ4n) is 2.29. The first kappa shape index (κ1) is 14.6. The van der Waals surface area contributed by atoms with Gasteiger partial charge in [0.2, 0.25) is 0 Å². The summed E-state index contributed by atoms with van der Waals surface area (Å²) in [6.45, 7) is 6.08. The molecule has 0 radical (unpaired) electrons. The van der Waals surface area contributed by atoms with E-state index in [4.69, 9.17) is 0 Å². The van der Waals surface area contributed by atoms with Gasteiger partial charge in [0, 0.05) is 34.8 Å². The van der Waals surface area contributed by atoms with Crippen LogP contribution in [0.5, 0.6) is 0 Å². The van der Waals surface area contributed by atoms with Crippen molar-refractivity contribution in [2.45, 2.75) is 25.3 Å². The predicted octanol–water partition coefficient (Wildman–Crippen LogP) is 3.89. The van der Waals surface area contributed by atoms with Gasteiger partial charge in [0.05, 0.1) is 11.4 Å². The van der Waals surface area contributed by atoms with Crippen molar-refractivity contribution in [1.29, 1.82) is 0 Å². The Morgan fingerprint density at radius 2 is 2.05 bits per heavy atom. The highest BCUT2D eigenvalue weighted by Crippen LogP contribution is 2.20. The summed E-state index contributed by atoms with van der Waals surface area (Å²) in [4.78, 5) is 8.35. The van der Waals surface area contributed by atoms with Crippen LogP contribution in [0.15, 0.2) is 41.4 Å². The van der Waals surface area contributed by atoms with Crippen molar-refractivity contribution in [3.8, 4) is 0 Å². The van der Waals surface area contributed by atoms with Crippen LogP contribution in [0.25, 0.3) is 4.96 Å². The topological polar surface area (TPSA) is 29.3 Å². The molecule has 2 aromatic heterocycles. The van der Waals surface area contributed by atoms with Crippen LogP contribution >= 0.6 is 23.1 Å². The molecule has 0 amide bonds. The molecule has 0 bridgehead atoms. The predicted molar refractivity (Wildman–Crippen MR) is 91.4 cm³/mol. The zero-order chi connectivity index (χ0) is 14.7. The molecule has 110 valence electrons.